The molecule has 0 saturated carbocycles. The second-order valence-corrected chi connectivity index (χ2v) is 6.95. The van der Waals surface area contributed by atoms with Crippen molar-refractivity contribution in [3.05, 3.63) is 33.8 Å². The number of carbonyl (C=O) groups is 1. The van der Waals surface area contributed by atoms with Crippen LogP contribution in [-0.4, -0.2) is 18.0 Å². The van der Waals surface area contributed by atoms with Gasteiger partial charge >= 0.3 is 0 Å². The largest absolute Gasteiger partial charge is 0.400 e. The molecule has 2 nitrogen and oxygen atoms in total. The molecule has 112 valence electrons. The van der Waals surface area contributed by atoms with Crippen LogP contribution in [-0.2, 0) is 6.42 Å². The number of fused-ring (bicyclic) bond motifs is 1. The van der Waals surface area contributed by atoms with Crippen LogP contribution in [0.5, 0.6) is 0 Å². The number of halogens is 1. The highest BCUT2D eigenvalue weighted by atomic mass is 79.9. The summed E-state index contributed by atoms with van der Waals surface area (Å²) in [6, 6.07) is 6.10. The molecule has 1 aromatic rings. The lowest BCUT2D eigenvalue weighted by molar-refractivity contribution is 0.0917. The van der Waals surface area contributed by atoms with Crippen molar-refractivity contribution in [3.63, 3.8) is 0 Å². The van der Waals surface area contributed by atoms with Crippen molar-refractivity contribution in [3.8, 4) is 0 Å². The van der Waals surface area contributed by atoms with Gasteiger partial charge in [0.05, 0.1) is 0 Å². The first-order chi connectivity index (χ1) is 9.47. The van der Waals surface area contributed by atoms with E-state index in [0.29, 0.717) is 17.6 Å². The van der Waals surface area contributed by atoms with E-state index in [4.69, 9.17) is 5.11 Å². The number of hydrogen-bond acceptors (Lipinski definition) is 2. The quantitative estimate of drug-likeness (QED) is 0.876. The molecule has 2 rings (SSSR count). The SMILES string of the molecule is CC(C)CC(C)CC1Cc2ccc(Br)cc2C1=O.CO. The minimum Gasteiger partial charge on any atom is -0.400 e. The van der Waals surface area contributed by atoms with Crippen LogP contribution in [0.1, 0.15) is 49.5 Å². The van der Waals surface area contributed by atoms with E-state index in [1.54, 1.807) is 0 Å². The Morgan fingerprint density at radius 3 is 2.55 bits per heavy atom. The molecule has 0 heterocycles. The zero-order chi connectivity index (χ0) is 15.3. The highest BCUT2D eigenvalue weighted by Gasteiger charge is 2.31. The fraction of sp³-hybridized carbons (Fsp3) is 0.588. The first-order valence-corrected chi connectivity index (χ1v) is 8.04. The van der Waals surface area contributed by atoms with Crippen LogP contribution in [0.2, 0.25) is 0 Å². The number of hydrogen-bond donors (Lipinski definition) is 1. The van der Waals surface area contributed by atoms with Crippen LogP contribution in [0, 0.1) is 17.8 Å². The predicted octanol–water partition coefficient (Wildman–Crippen LogP) is 4.48. The van der Waals surface area contributed by atoms with Crippen molar-refractivity contribution in [1.82, 2.24) is 0 Å². The van der Waals surface area contributed by atoms with Gasteiger partial charge in [-0.25, -0.2) is 0 Å². The molecule has 0 amide bonds. The van der Waals surface area contributed by atoms with Gasteiger partial charge in [0, 0.05) is 23.1 Å². The van der Waals surface area contributed by atoms with Gasteiger partial charge in [-0.15, -0.1) is 0 Å². The van der Waals surface area contributed by atoms with Crippen LogP contribution < -0.4 is 0 Å². The van der Waals surface area contributed by atoms with Gasteiger partial charge in [0.15, 0.2) is 5.78 Å². The van der Waals surface area contributed by atoms with Gasteiger partial charge in [0.2, 0.25) is 0 Å². The summed E-state index contributed by atoms with van der Waals surface area (Å²) in [5.74, 6) is 1.91. The van der Waals surface area contributed by atoms with E-state index < -0.39 is 0 Å². The number of aliphatic hydroxyl groups excluding tert-OH is 1. The number of benzene rings is 1. The summed E-state index contributed by atoms with van der Waals surface area (Å²) in [6.07, 6.45) is 3.18. The summed E-state index contributed by atoms with van der Waals surface area (Å²) >= 11 is 3.44. The second-order valence-electron chi connectivity index (χ2n) is 6.04. The summed E-state index contributed by atoms with van der Waals surface area (Å²) < 4.78 is 1.01. The van der Waals surface area contributed by atoms with Gasteiger partial charge in [0.25, 0.3) is 0 Å². The highest BCUT2D eigenvalue weighted by molar-refractivity contribution is 9.10. The molecule has 0 saturated heterocycles. The zero-order valence-corrected chi connectivity index (χ0v) is 14.4. The maximum absolute atomic E-state index is 12.3. The van der Waals surface area contributed by atoms with Crippen LogP contribution in [0.3, 0.4) is 0 Å². The Balaban J connectivity index is 0.000000956. The first kappa shape index (κ1) is 17.4. The maximum atomic E-state index is 12.3. The minimum atomic E-state index is 0.211. The lowest BCUT2D eigenvalue weighted by atomic mass is 9.87. The Morgan fingerprint density at radius 1 is 1.30 bits per heavy atom. The summed E-state index contributed by atoms with van der Waals surface area (Å²) in [5.41, 5.74) is 2.16. The van der Waals surface area contributed by atoms with Gasteiger partial charge in [-0.2, -0.15) is 0 Å². The molecule has 0 radical (unpaired) electrons. The summed E-state index contributed by atoms with van der Waals surface area (Å²) in [4.78, 5) is 12.3. The van der Waals surface area contributed by atoms with Crippen LogP contribution >= 0.6 is 15.9 Å². The van der Waals surface area contributed by atoms with Gasteiger partial charge in [-0.05, 0) is 48.8 Å². The van der Waals surface area contributed by atoms with E-state index in [2.05, 4.69) is 42.8 Å². The molecule has 1 aliphatic carbocycles. The smallest absolute Gasteiger partial charge is 0.166 e. The highest BCUT2D eigenvalue weighted by Crippen LogP contribution is 2.33. The van der Waals surface area contributed by atoms with Crippen molar-refractivity contribution in [2.45, 2.75) is 40.0 Å². The standard InChI is InChI=1S/C16H21BrO.CH4O/c1-10(2)6-11(3)7-13-8-12-4-5-14(17)9-15(12)16(13)18;1-2/h4-5,9-11,13H,6-8H2,1-3H3;2H,1H3. The van der Waals surface area contributed by atoms with Gasteiger partial charge in [-0.1, -0.05) is 42.8 Å². The monoisotopic (exact) mass is 340 g/mol. The topological polar surface area (TPSA) is 37.3 Å². The van der Waals surface area contributed by atoms with E-state index >= 15 is 0 Å². The molecule has 20 heavy (non-hydrogen) atoms. The Bertz CT molecular complexity index is 454. The minimum absolute atomic E-state index is 0.211. The van der Waals surface area contributed by atoms with Crippen LogP contribution in [0.25, 0.3) is 0 Å². The second kappa shape index (κ2) is 7.94. The van der Waals surface area contributed by atoms with E-state index in [1.165, 1.54) is 12.0 Å². The summed E-state index contributed by atoms with van der Waals surface area (Å²) in [5, 5.41) is 7.00. The van der Waals surface area contributed by atoms with Gasteiger partial charge < -0.3 is 5.11 Å². The average molecular weight is 341 g/mol. The predicted molar refractivity (Wildman–Crippen MR) is 87.0 cm³/mol. The van der Waals surface area contributed by atoms with E-state index in [-0.39, 0.29) is 5.92 Å². The molecule has 2 unspecified atom stereocenters. The van der Waals surface area contributed by atoms with Crippen molar-refractivity contribution >= 4 is 21.7 Å². The number of carbonyl (C=O) groups excluding carboxylic acids is 1. The number of aliphatic hydroxyl groups is 1. The van der Waals surface area contributed by atoms with Gasteiger partial charge in [-0.3, -0.25) is 4.79 Å². The van der Waals surface area contributed by atoms with E-state index in [0.717, 1.165) is 30.0 Å². The van der Waals surface area contributed by atoms with Crippen molar-refractivity contribution in [2.75, 3.05) is 7.11 Å². The number of ketones is 1. The third-order valence-electron chi connectivity index (χ3n) is 3.74. The van der Waals surface area contributed by atoms with Crippen LogP contribution in [0.4, 0.5) is 0 Å². The molecule has 1 N–H and O–H groups in total. The normalized spacial score (nSPS) is 18.6. The molecular formula is C17H25BrO2. The third kappa shape index (κ3) is 4.42. The molecular weight excluding hydrogens is 316 g/mol. The summed E-state index contributed by atoms with van der Waals surface area (Å²) in [7, 11) is 1.00. The number of rotatable bonds is 4. The van der Waals surface area contributed by atoms with Crippen molar-refractivity contribution < 1.29 is 9.90 Å². The Morgan fingerprint density at radius 2 is 1.95 bits per heavy atom. The molecule has 0 bridgehead atoms. The molecule has 0 aromatic heterocycles. The zero-order valence-electron chi connectivity index (χ0n) is 12.8. The third-order valence-corrected chi connectivity index (χ3v) is 4.23. The number of Topliss-reactive ketones (excluding diaryl/α,β-unsaturated/α-hetero) is 1. The Labute approximate surface area is 130 Å². The van der Waals surface area contributed by atoms with E-state index in [9.17, 15) is 4.79 Å². The average Bonchev–Trinajstić information content (AvgIpc) is 2.68. The molecule has 0 aliphatic heterocycles. The van der Waals surface area contributed by atoms with Crippen molar-refractivity contribution in [1.29, 1.82) is 0 Å². The summed E-state index contributed by atoms with van der Waals surface area (Å²) in [6.45, 7) is 6.77. The first-order valence-electron chi connectivity index (χ1n) is 7.24. The molecule has 0 spiro atoms. The molecule has 3 heteroatoms. The molecule has 1 aliphatic rings. The molecule has 2 atom stereocenters. The lowest BCUT2D eigenvalue weighted by Crippen LogP contribution is -2.14. The molecule has 0 fully saturated rings. The lowest BCUT2D eigenvalue weighted by Gasteiger charge is -2.17. The van der Waals surface area contributed by atoms with Crippen molar-refractivity contribution in [2.24, 2.45) is 17.8 Å². The fourth-order valence-electron chi connectivity index (χ4n) is 3.11. The maximum Gasteiger partial charge on any atom is 0.166 e. The Hall–Kier alpha value is -0.670. The molecule has 1 aromatic carbocycles. The fourth-order valence-corrected chi connectivity index (χ4v) is 3.47. The Kier molecular flexibility index (Phi) is 6.90. The van der Waals surface area contributed by atoms with Gasteiger partial charge in [0.1, 0.15) is 0 Å². The van der Waals surface area contributed by atoms with Crippen LogP contribution in [0.15, 0.2) is 22.7 Å². The van der Waals surface area contributed by atoms with E-state index in [1.807, 2.05) is 12.1 Å².